The lowest BCUT2D eigenvalue weighted by Crippen LogP contribution is -2.32. The van der Waals surface area contributed by atoms with E-state index in [0.717, 1.165) is 17.8 Å². The third kappa shape index (κ3) is 2.55. The molecular formula is C29H32N2O. The van der Waals surface area contributed by atoms with Gasteiger partial charge in [-0.3, -0.25) is 0 Å². The second-order valence-electron chi connectivity index (χ2n) is 11.5. The monoisotopic (exact) mass is 424 g/mol. The van der Waals surface area contributed by atoms with Crippen LogP contribution >= 0.6 is 0 Å². The standard InChI is InChI=1S/C29H32N2O/c1-29(2,3)32-28-19-14-15-20(28)24-22-16-21(23(19)24)25-26(17-10-6-4-7-11-17)30-31(27(22)25)18-12-8-5-9-13-18/h4-13,19-24,28H,14-16H2,1-3H3/t19-,20?,21-,22+,23?,24?,28+/m0/s1. The van der Waals surface area contributed by atoms with Crippen molar-refractivity contribution in [1.82, 2.24) is 9.78 Å². The first-order valence-corrected chi connectivity index (χ1v) is 12.4. The maximum atomic E-state index is 6.73. The van der Waals surface area contributed by atoms with Crippen molar-refractivity contribution < 1.29 is 4.74 Å². The van der Waals surface area contributed by atoms with Crippen molar-refractivity contribution in [3.8, 4) is 16.9 Å². The zero-order valence-corrected chi connectivity index (χ0v) is 19.2. The van der Waals surface area contributed by atoms with Crippen LogP contribution in [0.1, 0.15) is 63.1 Å². The van der Waals surface area contributed by atoms with Crippen LogP contribution < -0.4 is 0 Å². The Morgan fingerprint density at radius 2 is 1.47 bits per heavy atom. The number of ether oxygens (including phenoxy) is 1. The van der Waals surface area contributed by atoms with Crippen LogP contribution in [-0.4, -0.2) is 21.5 Å². The molecule has 3 nitrogen and oxygen atoms in total. The molecule has 1 aromatic heterocycles. The molecule has 3 heteroatoms. The Bertz CT molecular complexity index is 1080. The third-order valence-electron chi connectivity index (χ3n) is 8.77. The van der Waals surface area contributed by atoms with Crippen LogP contribution in [0.15, 0.2) is 60.7 Å². The van der Waals surface area contributed by atoms with Crippen molar-refractivity contribution >= 4 is 0 Å². The van der Waals surface area contributed by atoms with E-state index >= 15 is 0 Å². The number of para-hydroxylation sites is 1. The average Bonchev–Trinajstić information content (AvgIpc) is 3.57. The Balaban J connectivity index is 1.38. The van der Waals surface area contributed by atoms with Gasteiger partial charge in [0, 0.05) is 17.0 Å². The van der Waals surface area contributed by atoms with Crippen molar-refractivity contribution in [1.29, 1.82) is 0 Å². The van der Waals surface area contributed by atoms with E-state index in [-0.39, 0.29) is 5.60 Å². The molecule has 3 unspecified atom stereocenters. The quantitative estimate of drug-likeness (QED) is 0.444. The first-order chi connectivity index (χ1) is 15.5. The maximum Gasteiger partial charge on any atom is 0.0965 e. The predicted molar refractivity (Wildman–Crippen MR) is 127 cm³/mol. The summed E-state index contributed by atoms with van der Waals surface area (Å²) >= 11 is 0. The Labute approximate surface area is 190 Å². The van der Waals surface area contributed by atoms with Crippen LogP contribution in [0.25, 0.3) is 16.9 Å². The molecule has 0 amide bonds. The summed E-state index contributed by atoms with van der Waals surface area (Å²) in [5, 5.41) is 5.27. The number of fused-ring (bicyclic) bond motifs is 12. The van der Waals surface area contributed by atoms with Gasteiger partial charge in [0.05, 0.1) is 28.8 Å². The highest BCUT2D eigenvalue weighted by molar-refractivity contribution is 5.69. The molecular weight excluding hydrogens is 392 g/mol. The summed E-state index contributed by atoms with van der Waals surface area (Å²) in [7, 11) is 0. The number of rotatable bonds is 3. The first-order valence-electron chi connectivity index (χ1n) is 12.4. The number of hydrogen-bond donors (Lipinski definition) is 0. The highest BCUT2D eigenvalue weighted by Crippen LogP contribution is 2.73. The van der Waals surface area contributed by atoms with E-state index in [1.807, 2.05) is 0 Å². The van der Waals surface area contributed by atoms with E-state index in [1.54, 1.807) is 5.56 Å². The number of aromatic nitrogens is 2. The van der Waals surface area contributed by atoms with E-state index in [0.29, 0.717) is 23.9 Å². The summed E-state index contributed by atoms with van der Waals surface area (Å²) in [6.07, 6.45) is 4.44. The van der Waals surface area contributed by atoms with Gasteiger partial charge in [0.15, 0.2) is 0 Å². The molecule has 7 rings (SSSR count). The van der Waals surface area contributed by atoms with Crippen LogP contribution in [-0.2, 0) is 4.74 Å². The topological polar surface area (TPSA) is 27.1 Å². The van der Waals surface area contributed by atoms with Gasteiger partial charge in [-0.05, 0) is 81.8 Å². The molecule has 32 heavy (non-hydrogen) atoms. The average molecular weight is 425 g/mol. The zero-order chi connectivity index (χ0) is 21.6. The van der Waals surface area contributed by atoms with Gasteiger partial charge in [0.1, 0.15) is 0 Å². The van der Waals surface area contributed by atoms with Gasteiger partial charge in [-0.2, -0.15) is 5.10 Å². The van der Waals surface area contributed by atoms with Crippen molar-refractivity contribution in [3.05, 3.63) is 71.9 Å². The van der Waals surface area contributed by atoms with E-state index in [2.05, 4.69) is 86.1 Å². The largest absolute Gasteiger partial charge is 0.372 e. The lowest BCUT2D eigenvalue weighted by atomic mass is 9.70. The van der Waals surface area contributed by atoms with Gasteiger partial charge in [-0.15, -0.1) is 0 Å². The molecule has 4 aliphatic rings. The zero-order valence-electron chi connectivity index (χ0n) is 19.2. The van der Waals surface area contributed by atoms with Gasteiger partial charge < -0.3 is 4.74 Å². The Hall–Kier alpha value is -2.39. The van der Waals surface area contributed by atoms with E-state index in [1.165, 1.54) is 41.9 Å². The van der Waals surface area contributed by atoms with Crippen molar-refractivity contribution in [3.63, 3.8) is 0 Å². The fourth-order valence-electron chi connectivity index (χ4n) is 8.07. The number of hydrogen-bond acceptors (Lipinski definition) is 2. The van der Waals surface area contributed by atoms with Gasteiger partial charge in [0.25, 0.3) is 0 Å². The van der Waals surface area contributed by atoms with Gasteiger partial charge in [0.2, 0.25) is 0 Å². The van der Waals surface area contributed by atoms with Gasteiger partial charge in [-0.25, -0.2) is 4.68 Å². The fourth-order valence-corrected chi connectivity index (χ4v) is 8.07. The highest BCUT2D eigenvalue weighted by Gasteiger charge is 2.67. The number of benzene rings is 2. The van der Waals surface area contributed by atoms with Crippen LogP contribution in [0.5, 0.6) is 0 Å². The van der Waals surface area contributed by atoms with Crippen LogP contribution in [0, 0.1) is 23.7 Å². The molecule has 0 N–H and O–H groups in total. The van der Waals surface area contributed by atoms with Gasteiger partial charge in [-0.1, -0.05) is 48.5 Å². The fraction of sp³-hybridized carbons (Fsp3) is 0.483. The third-order valence-corrected chi connectivity index (χ3v) is 8.77. The summed E-state index contributed by atoms with van der Waals surface area (Å²) in [6, 6.07) is 21.6. The molecule has 4 aliphatic carbocycles. The van der Waals surface area contributed by atoms with Crippen LogP contribution in [0.4, 0.5) is 0 Å². The SMILES string of the molecule is CC(C)(C)O[C@H]1C2CC[C@H]1C1C2[C@H]2C[C@@H]1c1c(-c3ccccc3)nn(-c3ccccc3)c12. The minimum atomic E-state index is -0.0634. The molecule has 3 fully saturated rings. The Morgan fingerprint density at radius 3 is 2.12 bits per heavy atom. The molecule has 0 saturated heterocycles. The highest BCUT2D eigenvalue weighted by atomic mass is 16.5. The van der Waals surface area contributed by atoms with E-state index < -0.39 is 0 Å². The molecule has 2 aromatic carbocycles. The van der Waals surface area contributed by atoms with Gasteiger partial charge >= 0.3 is 0 Å². The summed E-state index contributed by atoms with van der Waals surface area (Å²) < 4.78 is 9.03. The molecule has 7 atom stereocenters. The predicted octanol–water partition coefficient (Wildman–Crippen LogP) is 6.58. The molecule has 0 spiro atoms. The summed E-state index contributed by atoms with van der Waals surface area (Å²) in [6.45, 7) is 6.68. The second-order valence-corrected chi connectivity index (χ2v) is 11.5. The van der Waals surface area contributed by atoms with Crippen molar-refractivity contribution in [2.75, 3.05) is 0 Å². The summed E-state index contributed by atoms with van der Waals surface area (Å²) in [5.74, 6) is 4.22. The molecule has 4 bridgehead atoms. The van der Waals surface area contributed by atoms with E-state index in [9.17, 15) is 0 Å². The molecule has 1 heterocycles. The maximum absolute atomic E-state index is 6.73. The van der Waals surface area contributed by atoms with E-state index in [4.69, 9.17) is 9.84 Å². The second kappa shape index (κ2) is 6.57. The normalized spacial score (nSPS) is 34.2. The molecule has 3 saturated carbocycles. The molecule has 3 aromatic rings. The molecule has 0 aliphatic heterocycles. The summed E-state index contributed by atoms with van der Waals surface area (Å²) in [5.41, 5.74) is 6.66. The number of nitrogens with zero attached hydrogens (tertiary/aromatic N) is 2. The van der Waals surface area contributed by atoms with Crippen LogP contribution in [0.2, 0.25) is 0 Å². The lowest BCUT2D eigenvalue weighted by Gasteiger charge is -2.34. The lowest BCUT2D eigenvalue weighted by molar-refractivity contribution is -0.0844. The smallest absolute Gasteiger partial charge is 0.0965 e. The molecule has 164 valence electrons. The first kappa shape index (κ1) is 19.1. The van der Waals surface area contributed by atoms with Crippen molar-refractivity contribution in [2.45, 2.75) is 63.6 Å². The molecule has 0 radical (unpaired) electrons. The van der Waals surface area contributed by atoms with Crippen molar-refractivity contribution in [2.24, 2.45) is 23.7 Å². The Morgan fingerprint density at radius 1 is 0.844 bits per heavy atom. The van der Waals surface area contributed by atoms with Crippen LogP contribution in [0.3, 0.4) is 0 Å². The minimum Gasteiger partial charge on any atom is -0.372 e. The Kier molecular flexibility index (Phi) is 3.92. The minimum absolute atomic E-state index is 0.0634. The summed E-state index contributed by atoms with van der Waals surface area (Å²) in [4.78, 5) is 0.